The van der Waals surface area contributed by atoms with Crippen LogP contribution >= 0.6 is 0 Å². The third-order valence-corrected chi connectivity index (χ3v) is 3.61. The van der Waals surface area contributed by atoms with Gasteiger partial charge in [0.25, 0.3) is 0 Å². The molecule has 0 spiro atoms. The van der Waals surface area contributed by atoms with Crippen LogP contribution in [0.3, 0.4) is 0 Å². The maximum absolute atomic E-state index is 13.1. The van der Waals surface area contributed by atoms with Crippen molar-refractivity contribution >= 4 is 5.91 Å². The van der Waals surface area contributed by atoms with E-state index in [9.17, 15) is 9.18 Å². The minimum atomic E-state index is -0.818. The standard InChI is InChI=1S/C14H19FN2O/c1-9(10-4-3-5-12(15)8-10)17-13(18)14(2,16)11-6-7-11/h3-5,8-9,11H,6-7,16H2,1-2H3,(H,17,18)/t9-,14?/m0/s1. The molecule has 1 aliphatic carbocycles. The van der Waals surface area contributed by atoms with E-state index in [0.717, 1.165) is 18.4 Å². The first kappa shape index (κ1) is 13.0. The molecule has 4 heteroatoms. The molecule has 0 bridgehead atoms. The Morgan fingerprint density at radius 1 is 1.56 bits per heavy atom. The highest BCUT2D eigenvalue weighted by atomic mass is 19.1. The Labute approximate surface area is 107 Å². The molecule has 1 aliphatic rings. The van der Waals surface area contributed by atoms with Gasteiger partial charge in [-0.15, -0.1) is 0 Å². The summed E-state index contributed by atoms with van der Waals surface area (Å²) in [5, 5.41) is 2.85. The lowest BCUT2D eigenvalue weighted by Crippen LogP contribution is -2.53. The zero-order chi connectivity index (χ0) is 13.3. The van der Waals surface area contributed by atoms with Crippen molar-refractivity contribution < 1.29 is 9.18 Å². The molecule has 98 valence electrons. The van der Waals surface area contributed by atoms with Crippen molar-refractivity contribution in [1.82, 2.24) is 5.32 Å². The van der Waals surface area contributed by atoms with Gasteiger partial charge in [-0.25, -0.2) is 4.39 Å². The normalized spacial score (nSPS) is 20.0. The Kier molecular flexibility index (Phi) is 3.39. The van der Waals surface area contributed by atoms with Crippen LogP contribution in [-0.4, -0.2) is 11.4 Å². The zero-order valence-corrected chi connectivity index (χ0v) is 10.7. The van der Waals surface area contributed by atoms with Gasteiger partial charge < -0.3 is 11.1 Å². The number of benzene rings is 1. The molecule has 3 nitrogen and oxygen atoms in total. The van der Waals surface area contributed by atoms with Gasteiger partial charge in [-0.1, -0.05) is 12.1 Å². The van der Waals surface area contributed by atoms with E-state index in [2.05, 4.69) is 5.32 Å². The fraction of sp³-hybridized carbons (Fsp3) is 0.500. The Morgan fingerprint density at radius 3 is 2.78 bits per heavy atom. The van der Waals surface area contributed by atoms with Crippen LogP contribution in [0.4, 0.5) is 4.39 Å². The van der Waals surface area contributed by atoms with E-state index >= 15 is 0 Å². The third-order valence-electron chi connectivity index (χ3n) is 3.61. The van der Waals surface area contributed by atoms with Gasteiger partial charge in [0.2, 0.25) is 5.91 Å². The second kappa shape index (κ2) is 4.69. The Balaban J connectivity index is 2.03. The minimum Gasteiger partial charge on any atom is -0.348 e. The number of nitrogens with two attached hydrogens (primary N) is 1. The van der Waals surface area contributed by atoms with Gasteiger partial charge in [0.05, 0.1) is 11.6 Å². The molecule has 0 aromatic heterocycles. The van der Waals surface area contributed by atoms with Crippen LogP contribution in [0.2, 0.25) is 0 Å². The van der Waals surface area contributed by atoms with Crippen molar-refractivity contribution in [2.24, 2.45) is 11.7 Å². The molecule has 0 radical (unpaired) electrons. The van der Waals surface area contributed by atoms with E-state index in [4.69, 9.17) is 5.73 Å². The summed E-state index contributed by atoms with van der Waals surface area (Å²) >= 11 is 0. The highest BCUT2D eigenvalue weighted by molar-refractivity contribution is 5.86. The first-order valence-electron chi connectivity index (χ1n) is 6.26. The highest BCUT2D eigenvalue weighted by Gasteiger charge is 2.44. The van der Waals surface area contributed by atoms with Crippen molar-refractivity contribution in [3.05, 3.63) is 35.6 Å². The molecule has 2 rings (SSSR count). The number of carbonyl (C=O) groups is 1. The second-order valence-corrected chi connectivity index (χ2v) is 5.31. The maximum atomic E-state index is 13.1. The average molecular weight is 250 g/mol. The van der Waals surface area contributed by atoms with Gasteiger partial charge in [-0.2, -0.15) is 0 Å². The van der Waals surface area contributed by atoms with Gasteiger partial charge in [-0.05, 0) is 50.3 Å². The summed E-state index contributed by atoms with van der Waals surface area (Å²) in [6, 6.07) is 6.00. The quantitative estimate of drug-likeness (QED) is 0.860. The predicted octanol–water partition coefficient (Wildman–Crippen LogP) is 2.13. The van der Waals surface area contributed by atoms with Gasteiger partial charge in [-0.3, -0.25) is 4.79 Å². The Morgan fingerprint density at radius 2 is 2.22 bits per heavy atom. The molecule has 1 fully saturated rings. The second-order valence-electron chi connectivity index (χ2n) is 5.31. The SMILES string of the molecule is C[C@H](NC(=O)C(C)(N)C1CC1)c1cccc(F)c1. The van der Waals surface area contributed by atoms with Gasteiger partial charge in [0.15, 0.2) is 0 Å². The van der Waals surface area contributed by atoms with Crippen LogP contribution in [0.5, 0.6) is 0 Å². The smallest absolute Gasteiger partial charge is 0.240 e. The van der Waals surface area contributed by atoms with E-state index < -0.39 is 5.54 Å². The minimum absolute atomic E-state index is 0.165. The van der Waals surface area contributed by atoms with Crippen LogP contribution in [0.1, 0.15) is 38.3 Å². The first-order valence-corrected chi connectivity index (χ1v) is 6.26. The molecule has 0 aliphatic heterocycles. The van der Waals surface area contributed by atoms with Crippen LogP contribution in [-0.2, 0) is 4.79 Å². The molecule has 1 saturated carbocycles. The number of halogens is 1. The van der Waals surface area contributed by atoms with E-state index in [0.29, 0.717) is 0 Å². The lowest BCUT2D eigenvalue weighted by molar-refractivity contribution is -0.127. The fourth-order valence-electron chi connectivity index (χ4n) is 2.08. The van der Waals surface area contributed by atoms with E-state index in [1.54, 1.807) is 19.1 Å². The number of amides is 1. The number of nitrogens with one attached hydrogen (secondary N) is 1. The lowest BCUT2D eigenvalue weighted by atomic mass is 9.95. The van der Waals surface area contributed by atoms with Crippen molar-refractivity contribution in [2.75, 3.05) is 0 Å². The summed E-state index contributed by atoms with van der Waals surface area (Å²) in [5.41, 5.74) is 5.96. The van der Waals surface area contributed by atoms with Gasteiger partial charge >= 0.3 is 0 Å². The molecule has 18 heavy (non-hydrogen) atoms. The largest absolute Gasteiger partial charge is 0.348 e. The molecule has 1 aromatic rings. The Hall–Kier alpha value is -1.42. The van der Waals surface area contributed by atoms with E-state index in [1.807, 2.05) is 6.92 Å². The molecular formula is C14H19FN2O. The highest BCUT2D eigenvalue weighted by Crippen LogP contribution is 2.38. The number of rotatable bonds is 4. The molecule has 1 aromatic carbocycles. The van der Waals surface area contributed by atoms with Crippen LogP contribution in [0.25, 0.3) is 0 Å². The van der Waals surface area contributed by atoms with Gasteiger partial charge in [0, 0.05) is 0 Å². The van der Waals surface area contributed by atoms with Gasteiger partial charge in [0.1, 0.15) is 5.82 Å². The molecule has 1 amide bonds. The van der Waals surface area contributed by atoms with Crippen molar-refractivity contribution in [3.63, 3.8) is 0 Å². The summed E-state index contributed by atoms with van der Waals surface area (Å²) < 4.78 is 13.1. The topological polar surface area (TPSA) is 55.1 Å². The lowest BCUT2D eigenvalue weighted by Gasteiger charge is -2.26. The summed E-state index contributed by atoms with van der Waals surface area (Å²) in [7, 11) is 0. The molecule has 3 N–H and O–H groups in total. The summed E-state index contributed by atoms with van der Waals surface area (Å²) in [5.74, 6) is -0.190. The summed E-state index contributed by atoms with van der Waals surface area (Å²) in [6.07, 6.45) is 2.02. The van der Waals surface area contributed by atoms with Crippen molar-refractivity contribution in [3.8, 4) is 0 Å². The molecule has 2 atom stereocenters. The Bertz CT molecular complexity index is 455. The fourth-order valence-corrected chi connectivity index (χ4v) is 2.08. The van der Waals surface area contributed by atoms with E-state index in [1.165, 1.54) is 12.1 Å². The van der Waals surface area contributed by atoms with Crippen LogP contribution < -0.4 is 11.1 Å². The van der Waals surface area contributed by atoms with Crippen LogP contribution in [0.15, 0.2) is 24.3 Å². The molecule has 0 saturated heterocycles. The monoisotopic (exact) mass is 250 g/mol. The van der Waals surface area contributed by atoms with Crippen molar-refractivity contribution in [1.29, 1.82) is 0 Å². The average Bonchev–Trinajstić information content (AvgIpc) is 3.12. The summed E-state index contributed by atoms with van der Waals surface area (Å²) in [6.45, 7) is 3.59. The van der Waals surface area contributed by atoms with Crippen LogP contribution in [0, 0.1) is 11.7 Å². The van der Waals surface area contributed by atoms with Crippen molar-refractivity contribution in [2.45, 2.75) is 38.3 Å². The third kappa shape index (κ3) is 2.70. The van der Waals surface area contributed by atoms with E-state index in [-0.39, 0.29) is 23.7 Å². The zero-order valence-electron chi connectivity index (χ0n) is 10.7. The molecular weight excluding hydrogens is 231 g/mol. The molecule has 0 heterocycles. The first-order chi connectivity index (χ1) is 8.41. The molecule has 1 unspecified atom stereocenters. The number of hydrogen-bond donors (Lipinski definition) is 2. The number of carbonyl (C=O) groups excluding carboxylic acids is 1. The maximum Gasteiger partial charge on any atom is 0.240 e. The predicted molar refractivity (Wildman–Crippen MR) is 68.3 cm³/mol. The summed E-state index contributed by atoms with van der Waals surface area (Å²) in [4.78, 5) is 12.1. The number of hydrogen-bond acceptors (Lipinski definition) is 2.